The van der Waals surface area contributed by atoms with Gasteiger partial charge in [-0.2, -0.15) is 0 Å². The van der Waals surface area contributed by atoms with E-state index < -0.39 is 0 Å². The Bertz CT molecular complexity index is 154. The van der Waals surface area contributed by atoms with Crippen molar-refractivity contribution in [2.45, 2.75) is 31.8 Å². The fraction of sp³-hybridized carbons (Fsp3) is 0.875. The molecule has 0 aromatic heterocycles. The molecule has 0 aliphatic heterocycles. The highest BCUT2D eigenvalue weighted by Gasteiger charge is 2.25. The molecule has 0 spiro atoms. The van der Waals surface area contributed by atoms with E-state index in [1.54, 1.807) is 0 Å². The zero-order chi connectivity index (χ0) is 8.97. The van der Waals surface area contributed by atoms with E-state index in [1.807, 2.05) is 6.92 Å². The van der Waals surface area contributed by atoms with Crippen molar-refractivity contribution in [2.24, 2.45) is 5.73 Å². The molecule has 1 fully saturated rings. The van der Waals surface area contributed by atoms with Gasteiger partial charge < -0.3 is 16.4 Å². The summed E-state index contributed by atoms with van der Waals surface area (Å²) in [6.45, 7) is 3.03. The molecular weight excluding hydrogens is 154 g/mol. The molecule has 70 valence electrons. The van der Waals surface area contributed by atoms with Gasteiger partial charge in [-0.15, -0.1) is 0 Å². The minimum Gasteiger partial charge on any atom is -0.355 e. The number of likely N-dealkylation sites (N-methyl/N-ethyl adjacent to an activating group) is 1. The van der Waals surface area contributed by atoms with Crippen LogP contribution in [0.4, 0.5) is 0 Å². The first-order valence-electron chi connectivity index (χ1n) is 4.48. The molecule has 12 heavy (non-hydrogen) atoms. The molecule has 0 aromatic carbocycles. The normalized spacial score (nSPS) is 27.8. The van der Waals surface area contributed by atoms with Gasteiger partial charge in [-0.05, 0) is 19.8 Å². The Labute approximate surface area is 72.9 Å². The Hall–Kier alpha value is -0.610. The van der Waals surface area contributed by atoms with Crippen LogP contribution in [0, 0.1) is 0 Å². The average molecular weight is 171 g/mol. The van der Waals surface area contributed by atoms with Gasteiger partial charge in [-0.3, -0.25) is 4.79 Å². The molecule has 1 rings (SSSR count). The van der Waals surface area contributed by atoms with Gasteiger partial charge in [0.15, 0.2) is 0 Å². The predicted octanol–water partition coefficient (Wildman–Crippen LogP) is -0.798. The van der Waals surface area contributed by atoms with Gasteiger partial charge in [-0.1, -0.05) is 0 Å². The largest absolute Gasteiger partial charge is 0.355 e. The van der Waals surface area contributed by atoms with Crippen LogP contribution in [0.2, 0.25) is 0 Å². The molecule has 4 N–H and O–H groups in total. The van der Waals surface area contributed by atoms with Gasteiger partial charge in [0.25, 0.3) is 0 Å². The first-order valence-corrected chi connectivity index (χ1v) is 4.48. The van der Waals surface area contributed by atoms with Gasteiger partial charge >= 0.3 is 0 Å². The highest BCUT2D eigenvalue weighted by molar-refractivity contribution is 5.77. The lowest BCUT2D eigenvalue weighted by Crippen LogP contribution is -2.50. The minimum absolute atomic E-state index is 0.0676. The molecule has 4 heteroatoms. The van der Waals surface area contributed by atoms with Crippen LogP contribution in [0.3, 0.4) is 0 Å². The van der Waals surface area contributed by atoms with Gasteiger partial charge in [-0.25, -0.2) is 0 Å². The summed E-state index contributed by atoms with van der Waals surface area (Å²) in [5, 5.41) is 5.87. The number of nitrogens with two attached hydrogens (primary N) is 1. The van der Waals surface area contributed by atoms with Crippen molar-refractivity contribution in [1.29, 1.82) is 0 Å². The third-order valence-electron chi connectivity index (χ3n) is 2.10. The third kappa shape index (κ3) is 2.79. The quantitative estimate of drug-likeness (QED) is 0.519. The molecule has 0 unspecified atom stereocenters. The van der Waals surface area contributed by atoms with Gasteiger partial charge in [0, 0.05) is 18.6 Å². The molecule has 1 saturated carbocycles. The van der Waals surface area contributed by atoms with E-state index >= 15 is 0 Å². The van der Waals surface area contributed by atoms with Gasteiger partial charge in [0.05, 0.1) is 6.54 Å². The van der Waals surface area contributed by atoms with Crippen molar-refractivity contribution in [3.63, 3.8) is 0 Å². The van der Waals surface area contributed by atoms with Crippen molar-refractivity contribution in [2.75, 3.05) is 13.1 Å². The summed E-state index contributed by atoms with van der Waals surface area (Å²) in [5.41, 5.74) is 5.59. The van der Waals surface area contributed by atoms with Crippen LogP contribution >= 0.6 is 0 Å². The highest BCUT2D eigenvalue weighted by Crippen LogP contribution is 2.16. The molecule has 1 amide bonds. The van der Waals surface area contributed by atoms with Crippen molar-refractivity contribution < 1.29 is 4.79 Å². The fourth-order valence-electron chi connectivity index (χ4n) is 1.33. The number of carbonyl (C=O) groups excluding carboxylic acids is 1. The lowest BCUT2D eigenvalue weighted by Gasteiger charge is -2.32. The summed E-state index contributed by atoms with van der Waals surface area (Å²) in [6, 6.07) is 0.805. The topological polar surface area (TPSA) is 67.2 Å². The van der Waals surface area contributed by atoms with Crippen LogP contribution in [-0.4, -0.2) is 31.1 Å². The van der Waals surface area contributed by atoms with Crippen molar-refractivity contribution >= 4 is 5.91 Å². The number of hydrogen-bond acceptors (Lipinski definition) is 3. The van der Waals surface area contributed by atoms with Crippen LogP contribution < -0.4 is 16.4 Å². The second-order valence-electron chi connectivity index (χ2n) is 3.26. The molecule has 4 nitrogen and oxygen atoms in total. The number of rotatable bonds is 4. The zero-order valence-electron chi connectivity index (χ0n) is 7.47. The van der Waals surface area contributed by atoms with Crippen LogP contribution in [-0.2, 0) is 4.79 Å². The second-order valence-corrected chi connectivity index (χ2v) is 3.26. The molecule has 0 radical (unpaired) electrons. The maximum atomic E-state index is 11.0. The van der Waals surface area contributed by atoms with E-state index in [0.29, 0.717) is 25.2 Å². The highest BCUT2D eigenvalue weighted by atomic mass is 16.1. The smallest absolute Gasteiger partial charge is 0.233 e. The van der Waals surface area contributed by atoms with Crippen LogP contribution in [0.15, 0.2) is 0 Å². The number of amides is 1. The van der Waals surface area contributed by atoms with Crippen LogP contribution in [0.25, 0.3) is 0 Å². The fourth-order valence-corrected chi connectivity index (χ4v) is 1.33. The summed E-state index contributed by atoms with van der Waals surface area (Å²) >= 11 is 0. The average Bonchev–Trinajstić information content (AvgIpc) is 1.96. The third-order valence-corrected chi connectivity index (χ3v) is 2.10. The Morgan fingerprint density at radius 2 is 2.25 bits per heavy atom. The zero-order valence-corrected chi connectivity index (χ0v) is 7.47. The summed E-state index contributed by atoms with van der Waals surface area (Å²) in [4.78, 5) is 11.0. The lowest BCUT2D eigenvalue weighted by molar-refractivity contribution is -0.120. The predicted molar refractivity (Wildman–Crippen MR) is 47.7 cm³/mol. The first-order chi connectivity index (χ1) is 5.72. The molecule has 0 bridgehead atoms. The van der Waals surface area contributed by atoms with Crippen LogP contribution in [0.5, 0.6) is 0 Å². The van der Waals surface area contributed by atoms with E-state index in [1.165, 1.54) is 0 Å². The van der Waals surface area contributed by atoms with Crippen molar-refractivity contribution in [3.05, 3.63) is 0 Å². The van der Waals surface area contributed by atoms with Gasteiger partial charge in [0.2, 0.25) is 5.91 Å². The molecular formula is C8H17N3O. The summed E-state index contributed by atoms with van der Waals surface area (Å²) in [7, 11) is 0. The Morgan fingerprint density at radius 3 is 2.75 bits per heavy atom. The SMILES string of the molecule is CCNC(=O)CNC1CC(N)C1. The van der Waals surface area contributed by atoms with E-state index in [-0.39, 0.29) is 5.91 Å². The Kier molecular flexibility index (Phi) is 3.49. The van der Waals surface area contributed by atoms with Crippen LogP contribution in [0.1, 0.15) is 19.8 Å². The van der Waals surface area contributed by atoms with E-state index in [2.05, 4.69) is 10.6 Å². The molecule has 1 aliphatic rings. The molecule has 0 heterocycles. The number of carbonyl (C=O) groups is 1. The number of hydrogen-bond donors (Lipinski definition) is 3. The second kappa shape index (κ2) is 4.42. The van der Waals surface area contributed by atoms with E-state index in [0.717, 1.165) is 12.8 Å². The first kappa shape index (κ1) is 9.48. The monoisotopic (exact) mass is 171 g/mol. The number of nitrogens with one attached hydrogen (secondary N) is 2. The summed E-state index contributed by atoms with van der Waals surface area (Å²) < 4.78 is 0. The summed E-state index contributed by atoms with van der Waals surface area (Å²) in [6.07, 6.45) is 2.00. The van der Waals surface area contributed by atoms with Crippen molar-refractivity contribution in [1.82, 2.24) is 10.6 Å². The van der Waals surface area contributed by atoms with E-state index in [4.69, 9.17) is 5.73 Å². The maximum Gasteiger partial charge on any atom is 0.233 e. The molecule has 0 atom stereocenters. The summed E-state index contributed by atoms with van der Waals surface area (Å²) in [5.74, 6) is 0.0676. The van der Waals surface area contributed by atoms with Gasteiger partial charge in [0.1, 0.15) is 0 Å². The lowest BCUT2D eigenvalue weighted by atomic mass is 9.88. The maximum absolute atomic E-state index is 11.0. The molecule has 0 saturated heterocycles. The molecule has 0 aromatic rings. The Balaban J connectivity index is 1.98. The minimum atomic E-state index is 0.0676. The van der Waals surface area contributed by atoms with Crippen molar-refractivity contribution in [3.8, 4) is 0 Å². The Morgan fingerprint density at radius 1 is 1.58 bits per heavy atom. The van der Waals surface area contributed by atoms with E-state index in [9.17, 15) is 4.79 Å². The standard InChI is InChI=1S/C8H17N3O/c1-2-10-8(12)5-11-7-3-6(9)4-7/h6-7,11H,2-5,9H2,1H3,(H,10,12). The molecule has 1 aliphatic carbocycles.